The Morgan fingerprint density at radius 1 is 0.393 bits per heavy atom. The Hall–Kier alpha value is -1.63. The van der Waals surface area contributed by atoms with Gasteiger partial charge in [-0.25, -0.2) is 4.79 Å². The quantitative estimate of drug-likeness (QED) is 0.0344. The molecule has 2 unspecified atom stereocenters. The zero-order chi connectivity index (χ0) is 41.0. The van der Waals surface area contributed by atoms with Gasteiger partial charge in [0.25, 0.3) is 0 Å². The number of hydrogen-bond acceptors (Lipinski definition) is 7. The van der Waals surface area contributed by atoms with Crippen molar-refractivity contribution in [2.24, 2.45) is 0 Å². The van der Waals surface area contributed by atoms with Gasteiger partial charge in [0.2, 0.25) is 0 Å². The predicted octanol–water partition coefficient (Wildman–Crippen LogP) is 14.9. The molecule has 0 aliphatic rings. The summed E-state index contributed by atoms with van der Waals surface area (Å²) in [7, 11) is 0. The maximum atomic E-state index is 13.0. The molecule has 0 saturated carbocycles. The normalized spacial score (nSPS) is 12.4. The first-order chi connectivity index (χ1) is 27.4. The number of ether oxygens (including phenoxy) is 4. The monoisotopic (exact) mass is 795 g/mol. The molecule has 0 aromatic rings. The topological polar surface area (TPSA) is 88.1 Å². The Kier molecular flexibility index (Phi) is 43.2. The van der Waals surface area contributed by atoms with E-state index in [9.17, 15) is 14.4 Å². The molecule has 56 heavy (non-hydrogen) atoms. The number of carbonyl (C=O) groups excluding carboxylic acids is 3. The van der Waals surface area contributed by atoms with Gasteiger partial charge in [0, 0.05) is 6.42 Å². The maximum Gasteiger partial charge on any atom is 0.335 e. The molecular formula is C49H94O7. The highest BCUT2D eigenvalue weighted by Crippen LogP contribution is 2.16. The lowest BCUT2D eigenvalue weighted by Gasteiger charge is -2.19. The van der Waals surface area contributed by atoms with Crippen LogP contribution in [0.15, 0.2) is 0 Å². The second-order valence-corrected chi connectivity index (χ2v) is 16.8. The zero-order valence-corrected chi connectivity index (χ0v) is 37.8. The Morgan fingerprint density at radius 3 is 1.09 bits per heavy atom. The van der Waals surface area contributed by atoms with Crippen molar-refractivity contribution in [2.75, 3.05) is 19.8 Å². The average molecular weight is 795 g/mol. The minimum Gasteiger partial charge on any atom is -0.466 e. The minimum absolute atomic E-state index is 0.0222. The van der Waals surface area contributed by atoms with Crippen LogP contribution in [-0.2, 0) is 33.3 Å². The van der Waals surface area contributed by atoms with Gasteiger partial charge in [0.1, 0.15) is 6.10 Å². The highest BCUT2D eigenvalue weighted by Gasteiger charge is 2.26. The van der Waals surface area contributed by atoms with Gasteiger partial charge in [-0.2, -0.15) is 0 Å². The molecule has 0 amide bonds. The van der Waals surface area contributed by atoms with Crippen molar-refractivity contribution in [3.8, 4) is 0 Å². The summed E-state index contributed by atoms with van der Waals surface area (Å²) in [6.07, 6.45) is 41.9. The summed E-state index contributed by atoms with van der Waals surface area (Å²) in [6.45, 7) is 9.21. The van der Waals surface area contributed by atoms with Crippen LogP contribution < -0.4 is 0 Å². The predicted molar refractivity (Wildman–Crippen MR) is 235 cm³/mol. The van der Waals surface area contributed by atoms with Gasteiger partial charge >= 0.3 is 17.9 Å². The van der Waals surface area contributed by atoms with Gasteiger partial charge in [-0.3, -0.25) is 9.59 Å². The summed E-state index contributed by atoms with van der Waals surface area (Å²) >= 11 is 0. The molecule has 0 heterocycles. The molecule has 0 bridgehead atoms. The molecule has 0 rings (SSSR count). The average Bonchev–Trinajstić information content (AvgIpc) is 3.18. The Balaban J connectivity index is 4.36. The van der Waals surface area contributed by atoms with Crippen molar-refractivity contribution in [3.05, 3.63) is 0 Å². The standard InChI is InChI=1S/C49H94O7/c1-5-8-11-14-17-20-23-24-25-26-27-28-31-34-37-40-47(50)56-45(4)44-55-46(49(52)54-42-39-36-33-30-22-19-16-13-10-7-3)43-48(51)53-41-38-35-32-29-21-18-15-12-9-6-2/h45-46H,5-44H2,1-4H3. The van der Waals surface area contributed by atoms with Crippen LogP contribution in [-0.4, -0.2) is 49.9 Å². The molecule has 0 aliphatic heterocycles. The molecular weight excluding hydrogens is 701 g/mol. The molecule has 2 atom stereocenters. The van der Waals surface area contributed by atoms with E-state index in [1.165, 1.54) is 167 Å². The van der Waals surface area contributed by atoms with E-state index < -0.39 is 24.1 Å². The summed E-state index contributed by atoms with van der Waals surface area (Å²) in [5.41, 5.74) is 0. The van der Waals surface area contributed by atoms with Crippen molar-refractivity contribution in [2.45, 2.75) is 277 Å². The fourth-order valence-corrected chi connectivity index (χ4v) is 7.26. The summed E-state index contributed by atoms with van der Waals surface area (Å²) in [5, 5.41) is 0. The van der Waals surface area contributed by atoms with E-state index in [4.69, 9.17) is 18.9 Å². The first kappa shape index (κ1) is 54.4. The van der Waals surface area contributed by atoms with E-state index in [0.717, 1.165) is 57.8 Å². The summed E-state index contributed by atoms with van der Waals surface area (Å²) in [6, 6.07) is 0. The lowest BCUT2D eigenvalue weighted by Crippen LogP contribution is -2.33. The number of unbranched alkanes of at least 4 members (excludes halogenated alkanes) is 32. The van der Waals surface area contributed by atoms with Gasteiger partial charge in [0.15, 0.2) is 6.10 Å². The third-order valence-corrected chi connectivity index (χ3v) is 11.0. The lowest BCUT2D eigenvalue weighted by atomic mass is 10.0. The van der Waals surface area contributed by atoms with Gasteiger partial charge in [-0.05, 0) is 26.2 Å². The molecule has 7 nitrogen and oxygen atoms in total. The van der Waals surface area contributed by atoms with E-state index in [1.807, 2.05) is 0 Å². The smallest absolute Gasteiger partial charge is 0.335 e. The molecule has 7 heteroatoms. The number of esters is 3. The van der Waals surface area contributed by atoms with Gasteiger partial charge in [0.05, 0.1) is 26.2 Å². The summed E-state index contributed by atoms with van der Waals surface area (Å²) in [5.74, 6) is -1.25. The summed E-state index contributed by atoms with van der Waals surface area (Å²) in [4.78, 5) is 38.3. The fourth-order valence-electron chi connectivity index (χ4n) is 7.26. The van der Waals surface area contributed by atoms with Gasteiger partial charge in [-0.15, -0.1) is 0 Å². The Bertz CT molecular complexity index is 846. The highest BCUT2D eigenvalue weighted by molar-refractivity contribution is 5.81. The molecule has 0 aliphatic carbocycles. The van der Waals surface area contributed by atoms with Crippen LogP contribution in [0.1, 0.15) is 265 Å². The molecule has 0 N–H and O–H groups in total. The SMILES string of the molecule is CCCCCCCCCCCCCCCCCC(=O)OC(C)COC(CC(=O)OCCCCCCCCCCCC)C(=O)OCCCCCCCCCCCC. The highest BCUT2D eigenvalue weighted by atomic mass is 16.6. The van der Waals surface area contributed by atoms with Crippen molar-refractivity contribution in [3.63, 3.8) is 0 Å². The van der Waals surface area contributed by atoms with E-state index >= 15 is 0 Å². The van der Waals surface area contributed by atoms with Crippen LogP contribution in [0.5, 0.6) is 0 Å². The first-order valence-electron chi connectivity index (χ1n) is 24.6. The molecule has 0 spiro atoms. The minimum atomic E-state index is -1.07. The third kappa shape index (κ3) is 40.6. The number of rotatable bonds is 45. The second-order valence-electron chi connectivity index (χ2n) is 16.8. The van der Waals surface area contributed by atoms with Crippen LogP contribution in [0.3, 0.4) is 0 Å². The fraction of sp³-hybridized carbons (Fsp3) is 0.939. The molecule has 0 fully saturated rings. The number of hydrogen-bond donors (Lipinski definition) is 0. The summed E-state index contributed by atoms with van der Waals surface area (Å²) < 4.78 is 22.5. The largest absolute Gasteiger partial charge is 0.466 e. The van der Waals surface area contributed by atoms with Crippen molar-refractivity contribution in [1.82, 2.24) is 0 Å². The first-order valence-corrected chi connectivity index (χ1v) is 24.6. The van der Waals surface area contributed by atoms with Crippen molar-refractivity contribution in [1.29, 1.82) is 0 Å². The van der Waals surface area contributed by atoms with Crippen LogP contribution in [0.25, 0.3) is 0 Å². The molecule has 0 aromatic heterocycles. The second kappa shape index (κ2) is 44.5. The van der Waals surface area contributed by atoms with Crippen LogP contribution in [0, 0.1) is 0 Å². The van der Waals surface area contributed by atoms with E-state index in [-0.39, 0.29) is 19.0 Å². The maximum absolute atomic E-state index is 13.0. The van der Waals surface area contributed by atoms with Crippen LogP contribution in [0.2, 0.25) is 0 Å². The Morgan fingerprint density at radius 2 is 0.714 bits per heavy atom. The van der Waals surface area contributed by atoms with Gasteiger partial charge < -0.3 is 18.9 Å². The van der Waals surface area contributed by atoms with E-state index in [2.05, 4.69) is 20.8 Å². The molecule has 0 saturated heterocycles. The van der Waals surface area contributed by atoms with E-state index in [0.29, 0.717) is 19.6 Å². The molecule has 0 radical (unpaired) electrons. The zero-order valence-electron chi connectivity index (χ0n) is 37.8. The van der Waals surface area contributed by atoms with Crippen molar-refractivity contribution >= 4 is 17.9 Å². The third-order valence-electron chi connectivity index (χ3n) is 11.0. The van der Waals surface area contributed by atoms with Crippen molar-refractivity contribution < 1.29 is 33.3 Å². The Labute approximate surface area is 347 Å². The molecule has 332 valence electrons. The van der Waals surface area contributed by atoms with Crippen LogP contribution in [0.4, 0.5) is 0 Å². The number of carbonyl (C=O) groups is 3. The lowest BCUT2D eigenvalue weighted by molar-refractivity contribution is -0.168. The molecule has 0 aromatic carbocycles. The van der Waals surface area contributed by atoms with E-state index in [1.54, 1.807) is 6.92 Å². The van der Waals surface area contributed by atoms with Gasteiger partial charge in [-0.1, -0.05) is 226 Å². The van der Waals surface area contributed by atoms with Crippen LogP contribution >= 0.6 is 0 Å².